The number of amides is 2. The smallest absolute Gasteiger partial charge is 0.422 e. The fourth-order valence-electron chi connectivity index (χ4n) is 3.39. The van der Waals surface area contributed by atoms with E-state index in [1.807, 2.05) is 32.9 Å². The van der Waals surface area contributed by atoms with E-state index in [9.17, 15) is 22.8 Å². The van der Waals surface area contributed by atoms with Gasteiger partial charge in [0, 0.05) is 30.9 Å². The Morgan fingerprint density at radius 3 is 2.48 bits per heavy atom. The fourth-order valence-corrected chi connectivity index (χ4v) is 3.39. The Morgan fingerprint density at radius 1 is 1.15 bits per heavy atom. The molecular weight excluding hydrogens is 439 g/mol. The minimum Gasteiger partial charge on any atom is -0.467 e. The molecule has 1 unspecified atom stereocenters. The Hall–Kier alpha value is -3.30. The lowest BCUT2D eigenvalue weighted by molar-refractivity contribution is -0.154. The number of nitrogens with zero attached hydrogens (tertiary/aromatic N) is 2. The van der Waals surface area contributed by atoms with Gasteiger partial charge in [-0.25, -0.2) is 9.78 Å². The van der Waals surface area contributed by atoms with Gasteiger partial charge in [-0.15, -0.1) is 0 Å². The Balaban J connectivity index is 1.61. The molecule has 3 rings (SSSR count). The van der Waals surface area contributed by atoms with Crippen LogP contribution in [0.1, 0.15) is 49.0 Å². The highest BCUT2D eigenvalue weighted by atomic mass is 19.4. The first kappa shape index (κ1) is 24.3. The number of aromatic nitrogens is 1. The standard InChI is InChI=1S/C23H26F3N3O4/c1-22(2,3)33-21(31)29-12-10-16(13-29)15-6-8-17(9-7-15)28-19(30)18-5-4-11-27-20(18)32-14-23(24,25)26/h4-9,11,16H,10,12-14H2,1-3H3,(H,28,30). The third-order valence-corrected chi connectivity index (χ3v) is 4.87. The topological polar surface area (TPSA) is 80.8 Å². The summed E-state index contributed by atoms with van der Waals surface area (Å²) < 4.78 is 47.4. The first-order valence-corrected chi connectivity index (χ1v) is 10.4. The maximum atomic E-state index is 12.6. The van der Waals surface area contributed by atoms with Gasteiger partial charge in [-0.2, -0.15) is 13.2 Å². The Morgan fingerprint density at radius 2 is 1.85 bits per heavy atom. The molecule has 0 saturated carbocycles. The average molecular weight is 465 g/mol. The molecule has 2 heterocycles. The van der Waals surface area contributed by atoms with Crippen molar-refractivity contribution >= 4 is 17.7 Å². The van der Waals surface area contributed by atoms with Crippen molar-refractivity contribution in [1.82, 2.24) is 9.88 Å². The van der Waals surface area contributed by atoms with E-state index >= 15 is 0 Å². The van der Waals surface area contributed by atoms with E-state index in [0.717, 1.165) is 12.0 Å². The average Bonchev–Trinajstić information content (AvgIpc) is 3.22. The van der Waals surface area contributed by atoms with Crippen LogP contribution in [0.2, 0.25) is 0 Å². The van der Waals surface area contributed by atoms with Crippen LogP contribution in [-0.4, -0.2) is 53.4 Å². The third kappa shape index (κ3) is 7.10. The quantitative estimate of drug-likeness (QED) is 0.672. The number of pyridine rings is 1. The SMILES string of the molecule is CC(C)(C)OC(=O)N1CCC(c2ccc(NC(=O)c3cccnc3OCC(F)(F)F)cc2)C1. The molecule has 1 N–H and O–H groups in total. The molecule has 1 aliphatic rings. The second kappa shape index (κ2) is 9.68. The van der Waals surface area contributed by atoms with E-state index < -0.39 is 30.2 Å². The fraction of sp³-hybridized carbons (Fsp3) is 0.435. The molecule has 0 spiro atoms. The molecule has 2 amide bonds. The van der Waals surface area contributed by atoms with Crippen LogP contribution in [0.5, 0.6) is 5.88 Å². The molecule has 0 bridgehead atoms. The predicted octanol–water partition coefficient (Wildman–Crippen LogP) is 5.00. The largest absolute Gasteiger partial charge is 0.467 e. The summed E-state index contributed by atoms with van der Waals surface area (Å²) in [7, 11) is 0. The summed E-state index contributed by atoms with van der Waals surface area (Å²) in [6.07, 6.45) is -2.84. The van der Waals surface area contributed by atoms with Crippen LogP contribution in [-0.2, 0) is 4.74 Å². The van der Waals surface area contributed by atoms with Gasteiger partial charge in [0.25, 0.3) is 5.91 Å². The van der Waals surface area contributed by atoms with Crippen molar-refractivity contribution in [2.45, 2.75) is 44.9 Å². The highest BCUT2D eigenvalue weighted by molar-refractivity contribution is 6.05. The molecule has 0 radical (unpaired) electrons. The molecular formula is C23H26F3N3O4. The van der Waals surface area contributed by atoms with E-state index in [1.54, 1.807) is 17.0 Å². The van der Waals surface area contributed by atoms with Crippen molar-refractivity contribution in [2.75, 3.05) is 25.0 Å². The number of carbonyl (C=O) groups excluding carboxylic acids is 2. The second-order valence-corrected chi connectivity index (χ2v) is 8.75. The molecule has 0 aliphatic carbocycles. The van der Waals surface area contributed by atoms with Crippen LogP contribution in [0, 0.1) is 0 Å². The van der Waals surface area contributed by atoms with E-state index in [-0.39, 0.29) is 17.6 Å². The summed E-state index contributed by atoms with van der Waals surface area (Å²) in [5.74, 6) is -0.884. The number of anilines is 1. The zero-order valence-electron chi connectivity index (χ0n) is 18.6. The molecule has 2 aromatic rings. The monoisotopic (exact) mass is 465 g/mol. The minimum absolute atomic E-state index is 0.102. The first-order valence-electron chi connectivity index (χ1n) is 10.4. The van der Waals surface area contributed by atoms with E-state index in [4.69, 9.17) is 4.74 Å². The lowest BCUT2D eigenvalue weighted by Crippen LogP contribution is -2.35. The van der Waals surface area contributed by atoms with Crippen molar-refractivity contribution in [1.29, 1.82) is 0 Å². The molecule has 10 heteroatoms. The number of nitrogens with one attached hydrogen (secondary N) is 1. The van der Waals surface area contributed by atoms with Gasteiger partial charge in [0.05, 0.1) is 0 Å². The molecule has 33 heavy (non-hydrogen) atoms. The summed E-state index contributed by atoms with van der Waals surface area (Å²) in [6.45, 7) is 5.06. The number of carbonyl (C=O) groups is 2. The van der Waals surface area contributed by atoms with E-state index in [0.29, 0.717) is 18.8 Å². The number of halogens is 3. The van der Waals surface area contributed by atoms with Crippen molar-refractivity contribution in [2.24, 2.45) is 0 Å². The van der Waals surface area contributed by atoms with Gasteiger partial charge in [-0.05, 0) is 57.0 Å². The second-order valence-electron chi connectivity index (χ2n) is 8.75. The van der Waals surface area contributed by atoms with E-state index in [1.165, 1.54) is 18.3 Å². The van der Waals surface area contributed by atoms with Crippen LogP contribution < -0.4 is 10.1 Å². The number of hydrogen-bond acceptors (Lipinski definition) is 5. The summed E-state index contributed by atoms with van der Waals surface area (Å²) in [5, 5.41) is 2.64. The third-order valence-electron chi connectivity index (χ3n) is 4.87. The van der Waals surface area contributed by atoms with Gasteiger partial charge >= 0.3 is 12.3 Å². The molecule has 178 valence electrons. The molecule has 1 fully saturated rings. The zero-order chi connectivity index (χ0) is 24.2. The summed E-state index contributed by atoms with van der Waals surface area (Å²) in [6, 6.07) is 9.89. The van der Waals surface area contributed by atoms with Crippen molar-refractivity contribution in [3.8, 4) is 5.88 Å². The number of rotatable bonds is 5. The van der Waals surface area contributed by atoms with Gasteiger partial charge in [0.2, 0.25) is 5.88 Å². The van der Waals surface area contributed by atoms with Gasteiger partial charge in [0.1, 0.15) is 11.2 Å². The summed E-state index contributed by atoms with van der Waals surface area (Å²) >= 11 is 0. The number of ether oxygens (including phenoxy) is 2. The minimum atomic E-state index is -4.54. The number of alkyl halides is 3. The first-order chi connectivity index (χ1) is 15.4. The van der Waals surface area contributed by atoms with Gasteiger partial charge in [-0.1, -0.05) is 12.1 Å². The van der Waals surface area contributed by atoms with Crippen molar-refractivity contribution in [3.05, 3.63) is 53.7 Å². The molecule has 1 atom stereocenters. The van der Waals surface area contributed by atoms with Gasteiger partial charge in [0.15, 0.2) is 6.61 Å². The van der Waals surface area contributed by atoms with Crippen LogP contribution in [0.15, 0.2) is 42.6 Å². The van der Waals surface area contributed by atoms with Crippen LogP contribution >= 0.6 is 0 Å². The van der Waals surface area contributed by atoms with Crippen molar-refractivity contribution in [3.63, 3.8) is 0 Å². The van der Waals surface area contributed by atoms with Crippen LogP contribution in [0.25, 0.3) is 0 Å². The van der Waals surface area contributed by atoms with Crippen LogP contribution in [0.3, 0.4) is 0 Å². The molecule has 7 nitrogen and oxygen atoms in total. The lowest BCUT2D eigenvalue weighted by atomic mass is 9.98. The number of benzene rings is 1. The predicted molar refractivity (Wildman–Crippen MR) is 115 cm³/mol. The summed E-state index contributed by atoms with van der Waals surface area (Å²) in [5.41, 5.74) is 0.821. The number of likely N-dealkylation sites (tertiary alicyclic amines) is 1. The maximum absolute atomic E-state index is 12.6. The van der Waals surface area contributed by atoms with Gasteiger partial charge < -0.3 is 19.7 Å². The highest BCUT2D eigenvalue weighted by Gasteiger charge is 2.31. The number of hydrogen-bond donors (Lipinski definition) is 1. The molecule has 1 aromatic carbocycles. The Labute approximate surface area is 189 Å². The molecule has 1 aliphatic heterocycles. The van der Waals surface area contributed by atoms with Gasteiger partial charge in [-0.3, -0.25) is 4.79 Å². The Bertz CT molecular complexity index is 988. The summed E-state index contributed by atoms with van der Waals surface area (Å²) in [4.78, 5) is 30.2. The Kier molecular flexibility index (Phi) is 7.14. The van der Waals surface area contributed by atoms with E-state index in [2.05, 4.69) is 15.0 Å². The molecule has 1 saturated heterocycles. The normalized spacial score (nSPS) is 16.4. The van der Waals surface area contributed by atoms with Crippen LogP contribution in [0.4, 0.5) is 23.7 Å². The molecule has 1 aromatic heterocycles. The lowest BCUT2D eigenvalue weighted by Gasteiger charge is -2.24. The highest BCUT2D eigenvalue weighted by Crippen LogP contribution is 2.29. The maximum Gasteiger partial charge on any atom is 0.422 e. The van der Waals surface area contributed by atoms with Crippen molar-refractivity contribution < 1.29 is 32.2 Å². The zero-order valence-corrected chi connectivity index (χ0v) is 18.6.